The van der Waals surface area contributed by atoms with Crippen LogP contribution in [0, 0.1) is 13.8 Å². The molecule has 8 nitrogen and oxygen atoms in total. The van der Waals surface area contributed by atoms with Crippen molar-refractivity contribution in [1.82, 2.24) is 35.0 Å². The molecule has 1 N–H and O–H groups in total. The Morgan fingerprint density at radius 3 is 2.48 bits per heavy atom. The van der Waals surface area contributed by atoms with Gasteiger partial charge in [0.1, 0.15) is 6.04 Å². The van der Waals surface area contributed by atoms with Crippen LogP contribution in [-0.4, -0.2) is 67.7 Å². The van der Waals surface area contributed by atoms with E-state index in [-0.39, 0.29) is 11.6 Å². The number of benzene rings is 1. The van der Waals surface area contributed by atoms with Crippen molar-refractivity contribution in [2.24, 2.45) is 0 Å². The number of piperazine rings is 1. The molecule has 1 aliphatic heterocycles. The van der Waals surface area contributed by atoms with Crippen LogP contribution in [0.1, 0.15) is 73.6 Å². The van der Waals surface area contributed by atoms with Crippen LogP contribution in [-0.2, 0) is 0 Å². The minimum atomic E-state index is -0.254. The van der Waals surface area contributed by atoms with E-state index < -0.39 is 0 Å². The minimum Gasteiger partial charge on any atom is -0.322 e. The van der Waals surface area contributed by atoms with E-state index >= 15 is 0 Å². The smallest absolute Gasteiger partial charge is 0.253 e. The fourth-order valence-electron chi connectivity index (χ4n) is 5.50. The van der Waals surface area contributed by atoms with Gasteiger partial charge in [0.15, 0.2) is 5.82 Å². The van der Waals surface area contributed by atoms with E-state index in [0.717, 1.165) is 67.9 Å². The van der Waals surface area contributed by atoms with Gasteiger partial charge in [0.25, 0.3) is 5.56 Å². The van der Waals surface area contributed by atoms with Gasteiger partial charge in [-0.05, 0) is 78.4 Å². The molecule has 0 amide bonds. The number of aryl methyl sites for hydroxylation is 2. The summed E-state index contributed by atoms with van der Waals surface area (Å²) < 4.78 is 2.03. The quantitative estimate of drug-likeness (QED) is 0.643. The number of likely N-dealkylation sites (N-methyl/N-ethyl adjacent to an activating group) is 1. The van der Waals surface area contributed by atoms with E-state index in [1.807, 2.05) is 4.68 Å². The Bertz CT molecular complexity index is 1170. The summed E-state index contributed by atoms with van der Waals surface area (Å²) in [5.41, 5.74) is 3.97. The van der Waals surface area contributed by atoms with Crippen molar-refractivity contribution >= 4 is 10.9 Å². The predicted molar refractivity (Wildman–Crippen MR) is 130 cm³/mol. The van der Waals surface area contributed by atoms with E-state index in [1.54, 1.807) is 0 Å². The van der Waals surface area contributed by atoms with Crippen molar-refractivity contribution in [1.29, 1.82) is 0 Å². The van der Waals surface area contributed by atoms with Gasteiger partial charge < -0.3 is 9.88 Å². The summed E-state index contributed by atoms with van der Waals surface area (Å²) in [6, 6.07) is 6.36. The molecule has 1 atom stereocenters. The number of pyridine rings is 1. The molecule has 1 saturated carbocycles. The van der Waals surface area contributed by atoms with Crippen LogP contribution in [0.2, 0.25) is 0 Å². The summed E-state index contributed by atoms with van der Waals surface area (Å²) in [6.07, 6.45) is 5.89. The lowest BCUT2D eigenvalue weighted by Gasteiger charge is -2.38. The van der Waals surface area contributed by atoms with Gasteiger partial charge in [-0.1, -0.05) is 26.2 Å². The highest BCUT2D eigenvalue weighted by Gasteiger charge is 2.34. The highest BCUT2D eigenvalue weighted by Crippen LogP contribution is 2.33. The Morgan fingerprint density at radius 1 is 1.03 bits per heavy atom. The average Bonchev–Trinajstić information content (AvgIpc) is 3.31. The number of H-pyrrole nitrogens is 1. The van der Waals surface area contributed by atoms with E-state index in [0.29, 0.717) is 6.04 Å². The molecule has 1 aliphatic carbocycles. The van der Waals surface area contributed by atoms with E-state index in [4.69, 9.17) is 0 Å². The van der Waals surface area contributed by atoms with Crippen LogP contribution in [0.15, 0.2) is 23.0 Å². The molecular formula is C25H35N7O. The highest BCUT2D eigenvalue weighted by atomic mass is 16.1. The summed E-state index contributed by atoms with van der Waals surface area (Å²) in [5.74, 6) is 0.806. The number of nitrogens with zero attached hydrogens (tertiary/aromatic N) is 6. The molecule has 0 radical (unpaired) electrons. The monoisotopic (exact) mass is 449 g/mol. The molecule has 33 heavy (non-hydrogen) atoms. The first-order chi connectivity index (χ1) is 16.0. The van der Waals surface area contributed by atoms with Gasteiger partial charge in [-0.2, -0.15) is 0 Å². The normalized spacial score (nSPS) is 19.8. The largest absolute Gasteiger partial charge is 0.322 e. The summed E-state index contributed by atoms with van der Waals surface area (Å²) in [7, 11) is 0. The highest BCUT2D eigenvalue weighted by molar-refractivity contribution is 5.81. The Balaban J connectivity index is 1.61. The molecule has 0 spiro atoms. The lowest BCUT2D eigenvalue weighted by molar-refractivity contribution is 0.106. The van der Waals surface area contributed by atoms with Gasteiger partial charge in [0, 0.05) is 37.3 Å². The molecule has 5 rings (SSSR count). The van der Waals surface area contributed by atoms with E-state index in [9.17, 15) is 4.79 Å². The predicted octanol–water partition coefficient (Wildman–Crippen LogP) is 3.36. The zero-order valence-electron chi connectivity index (χ0n) is 20.0. The summed E-state index contributed by atoms with van der Waals surface area (Å²) in [6.45, 7) is 11.2. The number of aromatic amines is 1. The third-order valence-electron chi connectivity index (χ3n) is 7.68. The van der Waals surface area contributed by atoms with Crippen molar-refractivity contribution in [3.8, 4) is 0 Å². The molecule has 2 aliphatic rings. The SMILES string of the molecule is CCN1CCN(C(c2cc3cc(C)c(C)cc3[nH]c2=O)c2nnnn2C2CCCCC2)CC1. The van der Waals surface area contributed by atoms with Gasteiger partial charge in [-0.15, -0.1) is 5.10 Å². The third kappa shape index (κ3) is 4.34. The van der Waals surface area contributed by atoms with Gasteiger partial charge in [-0.3, -0.25) is 9.69 Å². The number of hydrogen-bond donors (Lipinski definition) is 1. The van der Waals surface area contributed by atoms with Crippen molar-refractivity contribution in [2.45, 2.75) is 65.0 Å². The van der Waals surface area contributed by atoms with Crippen molar-refractivity contribution in [3.05, 3.63) is 51.1 Å². The number of fused-ring (bicyclic) bond motifs is 1. The topological polar surface area (TPSA) is 82.9 Å². The molecular weight excluding hydrogens is 414 g/mol. The number of nitrogens with one attached hydrogen (secondary N) is 1. The first kappa shape index (κ1) is 22.2. The van der Waals surface area contributed by atoms with Crippen molar-refractivity contribution in [2.75, 3.05) is 32.7 Å². The number of tetrazole rings is 1. The van der Waals surface area contributed by atoms with Crippen LogP contribution < -0.4 is 5.56 Å². The van der Waals surface area contributed by atoms with Gasteiger partial charge in [0.2, 0.25) is 0 Å². The van der Waals surface area contributed by atoms with Crippen LogP contribution in [0.3, 0.4) is 0 Å². The maximum atomic E-state index is 13.4. The Kier molecular flexibility index (Phi) is 6.29. The molecule has 8 heteroatoms. The molecule has 176 valence electrons. The third-order valence-corrected chi connectivity index (χ3v) is 7.68. The molecule has 3 heterocycles. The lowest BCUT2D eigenvalue weighted by atomic mass is 9.95. The number of aromatic nitrogens is 5. The van der Waals surface area contributed by atoms with Gasteiger partial charge in [0.05, 0.1) is 6.04 Å². The fourth-order valence-corrected chi connectivity index (χ4v) is 5.50. The van der Waals surface area contributed by atoms with Crippen LogP contribution in [0.5, 0.6) is 0 Å². The summed E-state index contributed by atoms with van der Waals surface area (Å²) in [5, 5.41) is 14.1. The standard InChI is InChI=1S/C25H35N7O/c1-4-30-10-12-31(13-11-30)23(24-27-28-29-32(24)20-8-6-5-7-9-20)21-16-19-14-17(2)18(3)15-22(19)26-25(21)33/h14-16,20,23H,4-13H2,1-3H3,(H,26,33). The zero-order chi connectivity index (χ0) is 22.9. The second-order valence-corrected chi connectivity index (χ2v) is 9.72. The Hall–Kier alpha value is -2.58. The second kappa shape index (κ2) is 9.35. The second-order valence-electron chi connectivity index (χ2n) is 9.72. The first-order valence-corrected chi connectivity index (χ1v) is 12.4. The van der Waals surface area contributed by atoms with Crippen molar-refractivity contribution in [3.63, 3.8) is 0 Å². The maximum absolute atomic E-state index is 13.4. The van der Waals surface area contributed by atoms with Crippen molar-refractivity contribution < 1.29 is 0 Å². The lowest BCUT2D eigenvalue weighted by Crippen LogP contribution is -2.49. The first-order valence-electron chi connectivity index (χ1n) is 12.4. The maximum Gasteiger partial charge on any atom is 0.253 e. The summed E-state index contributed by atoms with van der Waals surface area (Å²) in [4.78, 5) is 21.5. The van der Waals surface area contributed by atoms with E-state index in [2.05, 4.69) is 69.3 Å². The molecule has 1 aromatic carbocycles. The summed E-state index contributed by atoms with van der Waals surface area (Å²) >= 11 is 0. The average molecular weight is 450 g/mol. The molecule has 1 saturated heterocycles. The Labute approximate surface area is 195 Å². The molecule has 2 fully saturated rings. The van der Waals surface area contributed by atoms with E-state index in [1.165, 1.54) is 30.4 Å². The number of hydrogen-bond acceptors (Lipinski definition) is 6. The molecule has 1 unspecified atom stereocenters. The minimum absolute atomic E-state index is 0.0492. The van der Waals surface area contributed by atoms with Gasteiger partial charge in [-0.25, -0.2) is 4.68 Å². The Morgan fingerprint density at radius 2 is 1.76 bits per heavy atom. The fraction of sp³-hybridized carbons (Fsp3) is 0.600. The molecule has 2 aromatic heterocycles. The van der Waals surface area contributed by atoms with Crippen LogP contribution in [0.4, 0.5) is 0 Å². The molecule has 0 bridgehead atoms. The number of rotatable bonds is 5. The zero-order valence-corrected chi connectivity index (χ0v) is 20.0. The molecule has 3 aromatic rings. The van der Waals surface area contributed by atoms with Crippen LogP contribution in [0.25, 0.3) is 10.9 Å². The van der Waals surface area contributed by atoms with Gasteiger partial charge >= 0.3 is 0 Å². The van der Waals surface area contributed by atoms with Crippen LogP contribution >= 0.6 is 0 Å².